The molecule has 23 heavy (non-hydrogen) atoms. The number of thioether (sulfide) groups is 1. The van der Waals surface area contributed by atoms with E-state index >= 15 is 0 Å². The van der Waals surface area contributed by atoms with Crippen LogP contribution in [-0.4, -0.2) is 28.0 Å². The number of benzene rings is 1. The van der Waals surface area contributed by atoms with Crippen molar-refractivity contribution in [1.82, 2.24) is 5.16 Å². The molecule has 0 bridgehead atoms. The number of carbonyl (C=O) groups excluding carboxylic acids is 1. The molecule has 3 rings (SSSR count). The van der Waals surface area contributed by atoms with E-state index in [1.807, 2.05) is 19.1 Å². The molecule has 1 aliphatic rings. The van der Waals surface area contributed by atoms with Crippen molar-refractivity contribution < 1.29 is 9.32 Å². The van der Waals surface area contributed by atoms with E-state index in [-0.39, 0.29) is 11.9 Å². The zero-order valence-corrected chi connectivity index (χ0v) is 14.6. The number of rotatable bonds is 2. The highest BCUT2D eigenvalue weighted by Gasteiger charge is 2.31. The van der Waals surface area contributed by atoms with Crippen LogP contribution >= 0.6 is 23.4 Å². The van der Waals surface area contributed by atoms with E-state index in [0.717, 1.165) is 11.4 Å². The van der Waals surface area contributed by atoms with Gasteiger partial charge in [0.1, 0.15) is 11.3 Å². The summed E-state index contributed by atoms with van der Waals surface area (Å²) in [6, 6.07) is 7.32. The molecule has 0 radical (unpaired) electrons. The summed E-state index contributed by atoms with van der Waals surface area (Å²) >= 11 is 7.53. The first-order valence-electron chi connectivity index (χ1n) is 7.21. The molecule has 1 aromatic heterocycles. The molecule has 2 aromatic rings. The minimum atomic E-state index is -0.191. The average Bonchev–Trinajstić information content (AvgIpc) is 3.07. The molecule has 0 N–H and O–H groups in total. The molecule has 0 saturated carbocycles. The number of halogens is 1. The van der Waals surface area contributed by atoms with Crippen molar-refractivity contribution in [1.29, 1.82) is 0 Å². The molecule has 2 heterocycles. The topological polar surface area (TPSA) is 58.7 Å². The van der Waals surface area contributed by atoms with Crippen LogP contribution in [0.15, 0.2) is 33.8 Å². The fraction of sp³-hybridized carbons (Fsp3) is 0.312. The number of amides is 1. The van der Waals surface area contributed by atoms with Gasteiger partial charge in [0.25, 0.3) is 5.91 Å². The maximum atomic E-state index is 13.1. The Kier molecular flexibility index (Phi) is 4.46. The first-order chi connectivity index (χ1) is 11.0. The minimum Gasteiger partial charge on any atom is -0.361 e. The molecular formula is C16H16ClN3O2S. The number of hydrogen-bond acceptors (Lipinski definition) is 5. The van der Waals surface area contributed by atoms with Crippen LogP contribution in [0.5, 0.6) is 0 Å². The molecule has 7 heteroatoms. The van der Waals surface area contributed by atoms with Crippen LogP contribution in [0.4, 0.5) is 5.69 Å². The van der Waals surface area contributed by atoms with Gasteiger partial charge in [-0.1, -0.05) is 28.5 Å². The number of hydrogen-bond donors (Lipinski definition) is 0. The normalized spacial score (nSPS) is 17.2. The third kappa shape index (κ3) is 3.14. The Hall–Kier alpha value is -1.79. The molecule has 0 saturated heterocycles. The van der Waals surface area contributed by atoms with Crippen molar-refractivity contribution in [2.24, 2.45) is 4.99 Å². The smallest absolute Gasteiger partial charge is 0.269 e. The number of carbonyl (C=O) groups is 1. The van der Waals surface area contributed by atoms with Crippen molar-refractivity contribution in [3.05, 3.63) is 46.3 Å². The van der Waals surface area contributed by atoms with Crippen LogP contribution in [0.3, 0.4) is 0 Å². The van der Waals surface area contributed by atoms with Crippen LogP contribution < -0.4 is 4.90 Å². The first kappa shape index (κ1) is 16.1. The monoisotopic (exact) mass is 349 g/mol. The molecular weight excluding hydrogens is 334 g/mol. The van der Waals surface area contributed by atoms with Crippen molar-refractivity contribution in [2.45, 2.75) is 26.8 Å². The molecule has 5 nitrogen and oxygen atoms in total. The number of aromatic nitrogens is 1. The largest absolute Gasteiger partial charge is 0.361 e. The van der Waals surface area contributed by atoms with Crippen molar-refractivity contribution >= 4 is 40.1 Å². The van der Waals surface area contributed by atoms with E-state index in [1.54, 1.807) is 42.6 Å². The van der Waals surface area contributed by atoms with Crippen LogP contribution in [0.1, 0.15) is 28.7 Å². The van der Waals surface area contributed by atoms with E-state index in [9.17, 15) is 4.79 Å². The first-order valence-corrected chi connectivity index (χ1v) is 8.57. The average molecular weight is 350 g/mol. The summed E-state index contributed by atoms with van der Waals surface area (Å²) in [6.07, 6.45) is 0. The van der Waals surface area contributed by atoms with Gasteiger partial charge in [-0.3, -0.25) is 14.7 Å². The van der Waals surface area contributed by atoms with Gasteiger partial charge in [-0.2, -0.15) is 0 Å². The second-order valence-electron chi connectivity index (χ2n) is 5.39. The fourth-order valence-electron chi connectivity index (χ4n) is 2.39. The van der Waals surface area contributed by atoms with Crippen molar-refractivity contribution in [2.75, 3.05) is 10.7 Å². The summed E-state index contributed by atoms with van der Waals surface area (Å²) in [4.78, 5) is 19.3. The van der Waals surface area contributed by atoms with Gasteiger partial charge in [0.15, 0.2) is 5.17 Å². The molecule has 1 atom stereocenters. The Labute approximate surface area is 143 Å². The van der Waals surface area contributed by atoms with Crippen molar-refractivity contribution in [3.8, 4) is 0 Å². The number of aliphatic imine (C=N–C) groups is 1. The third-order valence-corrected chi connectivity index (χ3v) is 4.96. The van der Waals surface area contributed by atoms with Gasteiger partial charge in [0.05, 0.1) is 17.4 Å². The van der Waals surface area contributed by atoms with Gasteiger partial charge in [0.2, 0.25) is 0 Å². The van der Waals surface area contributed by atoms with E-state index in [1.165, 1.54) is 0 Å². The van der Waals surface area contributed by atoms with Gasteiger partial charge in [0, 0.05) is 10.8 Å². The van der Waals surface area contributed by atoms with Crippen LogP contribution in [0, 0.1) is 13.8 Å². The maximum absolute atomic E-state index is 13.1. The SMILES string of the molecule is Cc1noc(C)c1C(=O)N(C1=N[C@@H](C)CS1)c1ccc(Cl)cc1. The van der Waals surface area contributed by atoms with Gasteiger partial charge in [-0.25, -0.2) is 0 Å². The van der Waals surface area contributed by atoms with E-state index in [4.69, 9.17) is 16.1 Å². The summed E-state index contributed by atoms with van der Waals surface area (Å²) in [5, 5.41) is 5.18. The van der Waals surface area contributed by atoms with E-state index < -0.39 is 0 Å². The fourth-order valence-corrected chi connectivity index (χ4v) is 3.55. The lowest BCUT2D eigenvalue weighted by Crippen LogP contribution is -2.35. The quantitative estimate of drug-likeness (QED) is 0.819. The van der Waals surface area contributed by atoms with Crippen molar-refractivity contribution in [3.63, 3.8) is 0 Å². The third-order valence-electron chi connectivity index (χ3n) is 3.51. The molecule has 0 spiro atoms. The number of amidine groups is 1. The zero-order valence-electron chi connectivity index (χ0n) is 13.0. The molecule has 0 fully saturated rings. The summed E-state index contributed by atoms with van der Waals surface area (Å²) in [5.41, 5.74) is 1.77. The van der Waals surface area contributed by atoms with Gasteiger partial charge in [-0.05, 0) is 45.0 Å². The van der Waals surface area contributed by atoms with Crippen LogP contribution in [-0.2, 0) is 0 Å². The summed E-state index contributed by atoms with van der Waals surface area (Å²) in [5.74, 6) is 1.17. The molecule has 1 amide bonds. The standard InChI is InChI=1S/C16H16ClN3O2S/c1-9-8-23-16(18-9)20(13-6-4-12(17)5-7-13)15(21)14-10(2)19-22-11(14)3/h4-7,9H,8H2,1-3H3/t9-/m0/s1. The zero-order chi connectivity index (χ0) is 16.6. The van der Waals surface area contributed by atoms with Crippen LogP contribution in [0.25, 0.3) is 0 Å². The Bertz CT molecular complexity index is 751. The number of aryl methyl sites for hydroxylation is 2. The second kappa shape index (κ2) is 6.37. The van der Waals surface area contributed by atoms with Gasteiger partial charge >= 0.3 is 0 Å². The summed E-state index contributed by atoms with van der Waals surface area (Å²) in [7, 11) is 0. The number of anilines is 1. The Morgan fingerprint density at radius 3 is 2.57 bits per heavy atom. The highest BCUT2D eigenvalue weighted by molar-refractivity contribution is 8.14. The van der Waals surface area contributed by atoms with E-state index in [0.29, 0.717) is 27.2 Å². The predicted molar refractivity (Wildman–Crippen MR) is 93.6 cm³/mol. The lowest BCUT2D eigenvalue weighted by molar-refractivity contribution is 0.100. The Morgan fingerprint density at radius 1 is 1.35 bits per heavy atom. The van der Waals surface area contributed by atoms with Crippen LogP contribution in [0.2, 0.25) is 5.02 Å². The molecule has 0 aliphatic carbocycles. The van der Waals surface area contributed by atoms with E-state index in [2.05, 4.69) is 10.1 Å². The minimum absolute atomic E-state index is 0.183. The maximum Gasteiger partial charge on any atom is 0.269 e. The second-order valence-corrected chi connectivity index (χ2v) is 6.81. The predicted octanol–water partition coefficient (Wildman–Crippen LogP) is 4.08. The van der Waals surface area contributed by atoms with Gasteiger partial charge in [-0.15, -0.1) is 0 Å². The lowest BCUT2D eigenvalue weighted by atomic mass is 10.1. The summed E-state index contributed by atoms with van der Waals surface area (Å²) < 4.78 is 5.14. The molecule has 0 unspecified atom stereocenters. The molecule has 120 valence electrons. The Balaban J connectivity index is 2.07. The highest BCUT2D eigenvalue weighted by Crippen LogP contribution is 2.29. The van der Waals surface area contributed by atoms with Gasteiger partial charge < -0.3 is 4.52 Å². The molecule has 1 aliphatic heterocycles. The molecule has 1 aromatic carbocycles. The summed E-state index contributed by atoms with van der Waals surface area (Å²) in [6.45, 7) is 5.52. The Morgan fingerprint density at radius 2 is 2.04 bits per heavy atom. The number of nitrogens with zero attached hydrogens (tertiary/aromatic N) is 3. The lowest BCUT2D eigenvalue weighted by Gasteiger charge is -2.22. The highest BCUT2D eigenvalue weighted by atomic mass is 35.5.